The van der Waals surface area contributed by atoms with Gasteiger partial charge in [0.1, 0.15) is 0 Å². The minimum atomic E-state index is -0.725. The van der Waals surface area contributed by atoms with Gasteiger partial charge < -0.3 is 5.11 Å². The van der Waals surface area contributed by atoms with E-state index in [1.165, 1.54) is 37.7 Å². The lowest BCUT2D eigenvalue weighted by atomic mass is 9.54. The van der Waals surface area contributed by atoms with Crippen molar-refractivity contribution in [2.24, 2.45) is 23.2 Å². The Bertz CT molecular complexity index is 377. The summed E-state index contributed by atoms with van der Waals surface area (Å²) in [4.78, 5) is 0. The zero-order valence-electron chi connectivity index (χ0n) is 13.6. The molecule has 0 amide bonds. The highest BCUT2D eigenvalue weighted by Gasteiger charge is 2.45. The van der Waals surface area contributed by atoms with Gasteiger partial charge in [0, 0.05) is 0 Å². The van der Waals surface area contributed by atoms with Crippen LogP contribution < -0.4 is 0 Å². The number of hydrogen-bond donors (Lipinski definition) is 1. The van der Waals surface area contributed by atoms with Gasteiger partial charge in [-0.3, -0.25) is 0 Å². The number of rotatable bonds is 4. The van der Waals surface area contributed by atoms with Crippen molar-refractivity contribution in [1.29, 1.82) is 0 Å². The molecule has 2 aliphatic carbocycles. The highest BCUT2D eigenvalue weighted by molar-refractivity contribution is 5.11. The van der Waals surface area contributed by atoms with Gasteiger partial charge >= 0.3 is 0 Å². The lowest BCUT2D eigenvalue weighted by Crippen LogP contribution is -2.42. The van der Waals surface area contributed by atoms with Crippen LogP contribution in [0.5, 0.6) is 0 Å². The van der Waals surface area contributed by atoms with Crippen LogP contribution in [0.25, 0.3) is 0 Å². The Balaban J connectivity index is 2.09. The average molecular weight is 276 g/mol. The maximum Gasteiger partial charge on any atom is 0.0797 e. The van der Waals surface area contributed by atoms with Crippen LogP contribution in [0, 0.1) is 23.2 Å². The van der Waals surface area contributed by atoms with Crippen LogP contribution in [-0.2, 0) is 0 Å². The third-order valence-electron chi connectivity index (χ3n) is 6.10. The van der Waals surface area contributed by atoms with Crippen molar-refractivity contribution >= 4 is 0 Å². The molecule has 0 aromatic rings. The minimum Gasteiger partial charge on any atom is -0.386 e. The summed E-state index contributed by atoms with van der Waals surface area (Å²) in [6.45, 7) is 14.9. The fourth-order valence-electron chi connectivity index (χ4n) is 4.64. The minimum absolute atomic E-state index is 0.489. The second-order valence-corrected chi connectivity index (χ2v) is 8.05. The standard InChI is InChI=1S/C19H32O/c1-6-19(5,20)13-11-15-14(2)9-10-17-16(15)8-7-12-18(17,3)4/h6,15-17,20H,1-2,7-13H2,3-5H3/t15-,16-,17-,19-/m1/s1. The number of aliphatic hydroxyl groups is 1. The molecule has 4 atom stereocenters. The van der Waals surface area contributed by atoms with E-state index in [1.54, 1.807) is 6.08 Å². The van der Waals surface area contributed by atoms with Gasteiger partial charge in [0.25, 0.3) is 0 Å². The van der Waals surface area contributed by atoms with Gasteiger partial charge in [-0.2, -0.15) is 0 Å². The predicted octanol–water partition coefficient (Wildman–Crippen LogP) is 5.11. The Morgan fingerprint density at radius 2 is 2.10 bits per heavy atom. The van der Waals surface area contributed by atoms with Crippen molar-refractivity contribution in [3.8, 4) is 0 Å². The van der Waals surface area contributed by atoms with Crippen LogP contribution in [0.15, 0.2) is 24.8 Å². The Morgan fingerprint density at radius 1 is 1.40 bits per heavy atom. The average Bonchev–Trinajstić information content (AvgIpc) is 2.37. The molecule has 0 bridgehead atoms. The quantitative estimate of drug-likeness (QED) is 0.707. The van der Waals surface area contributed by atoms with Crippen molar-refractivity contribution in [2.45, 2.75) is 71.3 Å². The number of hydrogen-bond acceptors (Lipinski definition) is 1. The molecular weight excluding hydrogens is 244 g/mol. The highest BCUT2D eigenvalue weighted by Crippen LogP contribution is 2.54. The topological polar surface area (TPSA) is 20.2 Å². The van der Waals surface area contributed by atoms with Crippen molar-refractivity contribution < 1.29 is 5.11 Å². The second kappa shape index (κ2) is 5.67. The van der Waals surface area contributed by atoms with Gasteiger partial charge in [-0.1, -0.05) is 38.5 Å². The number of allylic oxidation sites excluding steroid dienone is 1. The molecule has 20 heavy (non-hydrogen) atoms. The Morgan fingerprint density at radius 3 is 2.75 bits per heavy atom. The molecule has 2 rings (SSSR count). The molecule has 0 spiro atoms. The van der Waals surface area contributed by atoms with Crippen LogP contribution >= 0.6 is 0 Å². The van der Waals surface area contributed by atoms with Crippen LogP contribution in [0.1, 0.15) is 65.7 Å². The Labute approximate surface area is 125 Å². The summed E-state index contributed by atoms with van der Waals surface area (Å²) in [5.74, 6) is 2.25. The molecule has 0 unspecified atom stereocenters. The third kappa shape index (κ3) is 3.19. The SMILES string of the molecule is C=C[C@@](C)(O)CC[C@@H]1C(=C)CC[C@@H]2[C@@H]1CCCC2(C)C. The first-order valence-electron chi connectivity index (χ1n) is 8.30. The molecule has 0 heterocycles. The van der Waals surface area contributed by atoms with E-state index in [-0.39, 0.29) is 0 Å². The summed E-state index contributed by atoms with van der Waals surface area (Å²) in [7, 11) is 0. The van der Waals surface area contributed by atoms with Crippen molar-refractivity contribution in [3.63, 3.8) is 0 Å². The van der Waals surface area contributed by atoms with Crippen LogP contribution in [0.2, 0.25) is 0 Å². The predicted molar refractivity (Wildman–Crippen MR) is 86.5 cm³/mol. The molecule has 0 saturated heterocycles. The smallest absolute Gasteiger partial charge is 0.0797 e. The summed E-state index contributed by atoms with van der Waals surface area (Å²) in [5.41, 5.74) is 1.20. The van der Waals surface area contributed by atoms with Gasteiger partial charge in [-0.15, -0.1) is 6.58 Å². The molecule has 0 aromatic heterocycles. The monoisotopic (exact) mass is 276 g/mol. The fraction of sp³-hybridized carbons (Fsp3) is 0.789. The molecule has 1 heteroatoms. The van der Waals surface area contributed by atoms with Crippen molar-refractivity contribution in [3.05, 3.63) is 24.8 Å². The Kier molecular flexibility index (Phi) is 4.49. The second-order valence-electron chi connectivity index (χ2n) is 8.05. The van der Waals surface area contributed by atoms with Gasteiger partial charge in [-0.05, 0) is 68.6 Å². The first kappa shape index (κ1) is 15.8. The highest BCUT2D eigenvalue weighted by atomic mass is 16.3. The summed E-state index contributed by atoms with van der Waals surface area (Å²) < 4.78 is 0. The summed E-state index contributed by atoms with van der Waals surface area (Å²) in [6.07, 6.45) is 10.2. The van der Waals surface area contributed by atoms with Gasteiger partial charge in [0.15, 0.2) is 0 Å². The van der Waals surface area contributed by atoms with Crippen LogP contribution in [0.3, 0.4) is 0 Å². The molecule has 1 N–H and O–H groups in total. The van der Waals surface area contributed by atoms with E-state index in [0.29, 0.717) is 11.3 Å². The normalized spacial score (nSPS) is 36.0. The maximum atomic E-state index is 10.2. The van der Waals surface area contributed by atoms with E-state index in [1.807, 2.05) is 6.92 Å². The molecule has 2 aliphatic rings. The van der Waals surface area contributed by atoms with E-state index >= 15 is 0 Å². The van der Waals surface area contributed by atoms with Crippen molar-refractivity contribution in [1.82, 2.24) is 0 Å². The molecule has 2 fully saturated rings. The van der Waals surface area contributed by atoms with Crippen molar-refractivity contribution in [2.75, 3.05) is 0 Å². The first-order chi connectivity index (χ1) is 9.27. The van der Waals surface area contributed by atoms with E-state index in [0.717, 1.165) is 24.7 Å². The van der Waals surface area contributed by atoms with E-state index in [9.17, 15) is 5.11 Å². The molecule has 114 valence electrons. The van der Waals surface area contributed by atoms with E-state index in [2.05, 4.69) is 27.0 Å². The summed E-state index contributed by atoms with van der Waals surface area (Å²) in [6, 6.07) is 0. The van der Waals surface area contributed by atoms with Gasteiger partial charge in [0.2, 0.25) is 0 Å². The molecule has 0 aliphatic heterocycles. The summed E-state index contributed by atoms with van der Waals surface area (Å²) >= 11 is 0. The Hall–Kier alpha value is -0.560. The molecular formula is C19H32O. The third-order valence-corrected chi connectivity index (χ3v) is 6.10. The summed E-state index contributed by atoms with van der Waals surface area (Å²) in [5, 5.41) is 10.2. The molecule has 1 nitrogen and oxygen atoms in total. The number of fused-ring (bicyclic) bond motifs is 1. The largest absolute Gasteiger partial charge is 0.386 e. The lowest BCUT2D eigenvalue weighted by Gasteiger charge is -2.51. The molecule has 0 aromatic carbocycles. The van der Waals surface area contributed by atoms with Gasteiger partial charge in [0.05, 0.1) is 5.60 Å². The molecule has 2 saturated carbocycles. The zero-order chi connectivity index (χ0) is 15.0. The first-order valence-corrected chi connectivity index (χ1v) is 8.30. The molecule has 0 radical (unpaired) electrons. The van der Waals surface area contributed by atoms with Crippen LogP contribution in [-0.4, -0.2) is 10.7 Å². The maximum absolute atomic E-state index is 10.2. The fourth-order valence-corrected chi connectivity index (χ4v) is 4.64. The lowest BCUT2D eigenvalue weighted by molar-refractivity contribution is 0.0141. The van der Waals surface area contributed by atoms with Crippen LogP contribution in [0.4, 0.5) is 0 Å². The van der Waals surface area contributed by atoms with E-state index in [4.69, 9.17) is 0 Å². The zero-order valence-corrected chi connectivity index (χ0v) is 13.6. The van der Waals surface area contributed by atoms with Gasteiger partial charge in [-0.25, -0.2) is 0 Å². The van der Waals surface area contributed by atoms with E-state index < -0.39 is 5.60 Å².